The molecule has 0 aliphatic carbocycles. The highest BCUT2D eigenvalue weighted by molar-refractivity contribution is 6.43. The van der Waals surface area contributed by atoms with Crippen molar-refractivity contribution in [3.8, 4) is 17.0 Å². The Labute approximate surface area is 211 Å². The van der Waals surface area contributed by atoms with E-state index in [0.717, 1.165) is 16.8 Å². The van der Waals surface area contributed by atoms with Gasteiger partial charge in [0, 0.05) is 30.2 Å². The van der Waals surface area contributed by atoms with Crippen LogP contribution in [0.2, 0.25) is 15.1 Å². The van der Waals surface area contributed by atoms with Gasteiger partial charge < -0.3 is 15.4 Å². The summed E-state index contributed by atoms with van der Waals surface area (Å²) in [6.07, 6.45) is 5.08. The second-order valence-electron chi connectivity index (χ2n) is 7.21. The van der Waals surface area contributed by atoms with Crippen LogP contribution in [0.4, 0.5) is 17.3 Å². The molecule has 2 aromatic carbocycles. The number of hydrogen-bond acceptors (Lipinski definition) is 6. The van der Waals surface area contributed by atoms with E-state index in [-0.39, 0.29) is 28.3 Å². The fourth-order valence-corrected chi connectivity index (χ4v) is 3.62. The first-order chi connectivity index (χ1) is 16.4. The molecular weight excluding hydrogens is 497 g/mol. The van der Waals surface area contributed by atoms with E-state index in [1.54, 1.807) is 30.7 Å². The van der Waals surface area contributed by atoms with E-state index in [2.05, 4.69) is 25.6 Å². The zero-order valence-corrected chi connectivity index (χ0v) is 20.1. The van der Waals surface area contributed by atoms with Gasteiger partial charge in [-0.1, -0.05) is 40.9 Å². The predicted molar refractivity (Wildman–Crippen MR) is 135 cm³/mol. The summed E-state index contributed by atoms with van der Waals surface area (Å²) in [5.41, 5.74) is 3.74. The third kappa shape index (κ3) is 5.94. The number of carbonyl (C=O) groups excluding carboxylic acids is 1. The fraction of sp³-hybridized carbons (Fsp3) is 0.0833. The quantitative estimate of drug-likeness (QED) is 0.271. The Morgan fingerprint density at radius 3 is 2.59 bits per heavy atom. The topological polar surface area (TPSA) is 89.0 Å². The Morgan fingerprint density at radius 2 is 1.79 bits per heavy atom. The van der Waals surface area contributed by atoms with Crippen LogP contribution in [0.15, 0.2) is 67.1 Å². The summed E-state index contributed by atoms with van der Waals surface area (Å²) in [6, 6.07) is 14.0. The molecule has 2 heterocycles. The molecule has 0 bridgehead atoms. The van der Waals surface area contributed by atoms with Crippen LogP contribution in [0.25, 0.3) is 11.3 Å². The molecule has 4 aromatic rings. The maximum absolute atomic E-state index is 12.6. The number of aromatic nitrogens is 3. The van der Waals surface area contributed by atoms with E-state index in [0.29, 0.717) is 22.3 Å². The minimum atomic E-state index is -0.390. The van der Waals surface area contributed by atoms with Crippen LogP contribution in [-0.2, 0) is 4.79 Å². The van der Waals surface area contributed by atoms with Gasteiger partial charge in [-0.2, -0.15) is 0 Å². The van der Waals surface area contributed by atoms with Crippen LogP contribution in [0.5, 0.6) is 5.75 Å². The van der Waals surface area contributed by atoms with Gasteiger partial charge in [-0.15, -0.1) is 0 Å². The number of hydrogen-bond donors (Lipinski definition) is 2. The van der Waals surface area contributed by atoms with E-state index < -0.39 is 0 Å². The lowest BCUT2D eigenvalue weighted by atomic mass is 10.2. The van der Waals surface area contributed by atoms with Crippen molar-refractivity contribution in [1.29, 1.82) is 0 Å². The van der Waals surface area contributed by atoms with Gasteiger partial charge in [-0.3, -0.25) is 9.78 Å². The van der Waals surface area contributed by atoms with Crippen LogP contribution in [-0.4, -0.2) is 27.5 Å². The molecule has 1 amide bonds. The highest BCUT2D eigenvalue weighted by atomic mass is 35.5. The maximum atomic E-state index is 12.6. The number of nitrogens with zero attached hydrogens (tertiary/aromatic N) is 3. The molecule has 10 heteroatoms. The molecule has 2 N–H and O–H groups in total. The molecule has 2 aromatic heterocycles. The number of nitrogens with one attached hydrogen (secondary N) is 2. The molecule has 0 fully saturated rings. The second kappa shape index (κ2) is 10.7. The van der Waals surface area contributed by atoms with E-state index in [4.69, 9.17) is 39.5 Å². The number of carbonyl (C=O) groups is 1. The monoisotopic (exact) mass is 513 g/mol. The summed E-state index contributed by atoms with van der Waals surface area (Å²) in [6.45, 7) is 1.66. The Balaban J connectivity index is 1.48. The van der Waals surface area contributed by atoms with Crippen molar-refractivity contribution in [2.45, 2.75) is 6.92 Å². The number of benzene rings is 2. The molecule has 0 atom stereocenters. The van der Waals surface area contributed by atoms with Gasteiger partial charge in [0.05, 0.1) is 32.1 Å². The van der Waals surface area contributed by atoms with Gasteiger partial charge in [0.25, 0.3) is 5.91 Å². The molecular formula is C24H18Cl3N5O2. The summed E-state index contributed by atoms with van der Waals surface area (Å²) < 4.78 is 5.52. The zero-order valence-electron chi connectivity index (χ0n) is 17.8. The molecule has 0 spiro atoms. The van der Waals surface area contributed by atoms with Crippen molar-refractivity contribution in [2.75, 3.05) is 17.2 Å². The number of ether oxygens (including phenoxy) is 1. The number of halogens is 3. The number of rotatable bonds is 7. The van der Waals surface area contributed by atoms with Crippen molar-refractivity contribution < 1.29 is 9.53 Å². The van der Waals surface area contributed by atoms with Crippen molar-refractivity contribution in [1.82, 2.24) is 15.0 Å². The summed E-state index contributed by atoms with van der Waals surface area (Å²) in [7, 11) is 0. The molecule has 172 valence electrons. The Hall–Kier alpha value is -3.39. The highest BCUT2D eigenvalue weighted by Gasteiger charge is 2.13. The maximum Gasteiger partial charge on any atom is 0.262 e. The molecule has 0 unspecified atom stereocenters. The van der Waals surface area contributed by atoms with Crippen molar-refractivity contribution >= 4 is 58.0 Å². The molecule has 4 rings (SSSR count). The van der Waals surface area contributed by atoms with Crippen LogP contribution >= 0.6 is 34.8 Å². The van der Waals surface area contributed by atoms with E-state index in [1.165, 1.54) is 12.1 Å². The number of amides is 1. The molecule has 0 saturated carbocycles. The first-order valence-corrected chi connectivity index (χ1v) is 11.2. The second-order valence-corrected chi connectivity index (χ2v) is 8.44. The molecule has 0 saturated heterocycles. The zero-order chi connectivity index (χ0) is 24.1. The lowest BCUT2D eigenvalue weighted by Gasteiger charge is -2.14. The lowest BCUT2D eigenvalue weighted by molar-refractivity contribution is -0.118. The van der Waals surface area contributed by atoms with Crippen LogP contribution in [0.3, 0.4) is 0 Å². The third-order valence-electron chi connectivity index (χ3n) is 4.64. The van der Waals surface area contributed by atoms with Crippen molar-refractivity contribution in [3.63, 3.8) is 0 Å². The summed E-state index contributed by atoms with van der Waals surface area (Å²) in [5, 5.41) is 6.83. The Bertz CT molecular complexity index is 1340. The molecule has 0 aliphatic heterocycles. The van der Waals surface area contributed by atoms with Gasteiger partial charge in [-0.25, -0.2) is 9.97 Å². The lowest BCUT2D eigenvalue weighted by Crippen LogP contribution is -2.21. The summed E-state index contributed by atoms with van der Waals surface area (Å²) in [5.74, 6) is 0.245. The average Bonchev–Trinajstić information content (AvgIpc) is 2.83. The smallest absolute Gasteiger partial charge is 0.262 e. The summed E-state index contributed by atoms with van der Waals surface area (Å²) >= 11 is 18.0. The first kappa shape index (κ1) is 23.8. The number of pyridine rings is 1. The van der Waals surface area contributed by atoms with Crippen LogP contribution in [0, 0.1) is 6.92 Å². The molecule has 7 nitrogen and oxygen atoms in total. The largest absolute Gasteiger partial charge is 0.482 e. The van der Waals surface area contributed by atoms with Crippen LogP contribution in [0.1, 0.15) is 5.56 Å². The molecule has 0 radical (unpaired) electrons. The fourth-order valence-electron chi connectivity index (χ4n) is 3.03. The standard InChI is InChI=1S/C24H18Cl3N5O2/c1-14-4-5-20(30-23(33)13-34-22-11-17(26)16(25)10-18(22)27)21(9-14)32-24-29-8-6-19(31-24)15-3-2-7-28-12-15/h2-12H,13H2,1H3,(H,30,33)(H,29,31,32). The van der Waals surface area contributed by atoms with E-state index in [1.807, 2.05) is 31.2 Å². The average molecular weight is 515 g/mol. The Morgan fingerprint density at radius 1 is 0.971 bits per heavy atom. The minimum Gasteiger partial charge on any atom is -0.482 e. The van der Waals surface area contributed by atoms with Crippen LogP contribution < -0.4 is 15.4 Å². The summed E-state index contributed by atoms with van der Waals surface area (Å²) in [4.78, 5) is 25.5. The number of aryl methyl sites for hydroxylation is 1. The normalized spacial score (nSPS) is 10.6. The highest BCUT2D eigenvalue weighted by Crippen LogP contribution is 2.34. The van der Waals surface area contributed by atoms with Gasteiger partial charge >= 0.3 is 0 Å². The van der Waals surface area contributed by atoms with Gasteiger partial charge in [-0.05, 0) is 48.9 Å². The van der Waals surface area contributed by atoms with Gasteiger partial charge in [0.1, 0.15) is 5.75 Å². The Kier molecular flexibility index (Phi) is 7.47. The SMILES string of the molecule is Cc1ccc(NC(=O)COc2cc(Cl)c(Cl)cc2Cl)c(Nc2nccc(-c3cccnc3)n2)c1. The van der Waals surface area contributed by atoms with E-state index in [9.17, 15) is 4.79 Å². The number of anilines is 3. The minimum absolute atomic E-state index is 0.255. The van der Waals surface area contributed by atoms with Crippen molar-refractivity contribution in [3.05, 3.63) is 87.8 Å². The molecule has 34 heavy (non-hydrogen) atoms. The van der Waals surface area contributed by atoms with Crippen molar-refractivity contribution in [2.24, 2.45) is 0 Å². The predicted octanol–water partition coefficient (Wildman–Crippen LogP) is 6.57. The van der Waals surface area contributed by atoms with Gasteiger partial charge in [0.15, 0.2) is 6.61 Å². The molecule has 0 aliphatic rings. The third-order valence-corrected chi connectivity index (χ3v) is 5.66. The first-order valence-electron chi connectivity index (χ1n) is 10.1. The van der Waals surface area contributed by atoms with E-state index >= 15 is 0 Å². The van der Waals surface area contributed by atoms with Gasteiger partial charge in [0.2, 0.25) is 5.95 Å².